The minimum absolute atomic E-state index is 0.00928. The van der Waals surface area contributed by atoms with Gasteiger partial charge in [0.05, 0.1) is 28.9 Å². The number of imide groups is 2. The first kappa shape index (κ1) is 27.2. The Morgan fingerprint density at radius 3 is 1.82 bits per heavy atom. The van der Waals surface area contributed by atoms with E-state index in [9.17, 15) is 33.6 Å². The molecule has 2 aliphatic heterocycles. The molecule has 2 aromatic carbocycles. The van der Waals surface area contributed by atoms with Crippen LogP contribution in [-0.2, 0) is 9.53 Å². The summed E-state index contributed by atoms with van der Waals surface area (Å²) in [5.74, 6) is -3.34. The van der Waals surface area contributed by atoms with Crippen LogP contribution in [0.4, 0.5) is 0 Å². The van der Waals surface area contributed by atoms with E-state index in [1.165, 1.54) is 36.4 Å². The van der Waals surface area contributed by atoms with E-state index in [0.29, 0.717) is 0 Å². The van der Waals surface area contributed by atoms with Gasteiger partial charge in [0.15, 0.2) is 0 Å². The van der Waals surface area contributed by atoms with Gasteiger partial charge in [-0.3, -0.25) is 38.6 Å². The topological polar surface area (TPSA) is 135 Å². The van der Waals surface area contributed by atoms with E-state index >= 15 is 0 Å². The van der Waals surface area contributed by atoms with E-state index in [0.717, 1.165) is 9.80 Å². The van der Waals surface area contributed by atoms with Crippen molar-refractivity contribution in [3.63, 3.8) is 0 Å². The minimum atomic E-state index is -1.25. The Kier molecular flexibility index (Phi) is 7.75. The summed E-state index contributed by atoms with van der Waals surface area (Å²) in [6.07, 6.45) is 0.525. The van der Waals surface area contributed by atoms with E-state index in [2.05, 4.69) is 0 Å². The molecule has 0 aliphatic carbocycles. The smallest absolute Gasteiger partial charge is 0.329 e. The lowest BCUT2D eigenvalue weighted by atomic mass is 10.1. The Bertz CT molecular complexity index is 1420. The number of benzene rings is 2. The Hall–Kier alpha value is -3.89. The third-order valence-corrected chi connectivity index (χ3v) is 6.76. The summed E-state index contributed by atoms with van der Waals surface area (Å²) in [5, 5.41) is -1.55. The molecule has 4 rings (SSSR count). The molecule has 0 radical (unpaired) electrons. The first-order valence-corrected chi connectivity index (χ1v) is 12.4. The maximum absolute atomic E-state index is 13.1. The van der Waals surface area contributed by atoms with Gasteiger partial charge in [-0.1, -0.05) is 0 Å². The summed E-state index contributed by atoms with van der Waals surface area (Å²) in [5.41, 5.74) is 0.343. The van der Waals surface area contributed by atoms with Crippen molar-refractivity contribution < 1.29 is 38.3 Å². The molecule has 0 saturated heterocycles. The average Bonchev–Trinajstić information content (AvgIpc) is 3.28. The number of hydrogen-bond donors (Lipinski definition) is 0. The van der Waals surface area contributed by atoms with Gasteiger partial charge in [-0.2, -0.15) is 0 Å². The number of hydrogen-bond acceptors (Lipinski definition) is 8. The normalized spacial score (nSPS) is 15.0. The van der Waals surface area contributed by atoms with Gasteiger partial charge in [0.1, 0.15) is 6.04 Å². The number of nitrogens with zero attached hydrogens (tertiary/aromatic N) is 2. The predicted octanol–water partition coefficient (Wildman–Crippen LogP) is 3.44. The fraction of sp³-hybridized carbons (Fsp3) is 0.269. The van der Waals surface area contributed by atoms with Crippen LogP contribution in [0.5, 0.6) is 0 Å². The molecule has 38 heavy (non-hydrogen) atoms. The molecule has 0 bridgehead atoms. The molecular formula is C26H20Cl2N2O8. The van der Waals surface area contributed by atoms with Crippen LogP contribution >= 0.6 is 23.2 Å². The molecule has 2 heterocycles. The number of esters is 1. The third-order valence-electron chi connectivity index (χ3n) is 6.32. The standard InChI is InChI=1S/C26H20Cl2N2O8/c1-2-38-26(37)19(30-24(35)16-9-7-14(21(28)32)12-18(16)25(30)36)5-3-4-10-29-22(33)15-8-6-13(20(27)31)11-17(15)23(29)34/h6-9,11-12,19H,2-5,10H2,1H3. The Balaban J connectivity index is 1.46. The highest BCUT2D eigenvalue weighted by atomic mass is 35.5. The van der Waals surface area contributed by atoms with Crippen molar-refractivity contribution in [3.8, 4) is 0 Å². The zero-order chi connectivity index (χ0) is 27.7. The summed E-state index contributed by atoms with van der Waals surface area (Å²) < 4.78 is 5.09. The van der Waals surface area contributed by atoms with Crippen molar-refractivity contribution in [1.82, 2.24) is 9.80 Å². The maximum Gasteiger partial charge on any atom is 0.329 e. The predicted molar refractivity (Wildman–Crippen MR) is 133 cm³/mol. The van der Waals surface area contributed by atoms with Gasteiger partial charge in [-0.15, -0.1) is 0 Å². The highest BCUT2D eigenvalue weighted by Crippen LogP contribution is 2.29. The molecule has 0 aromatic heterocycles. The van der Waals surface area contributed by atoms with E-state index in [1.807, 2.05) is 0 Å². The molecule has 0 spiro atoms. The van der Waals surface area contributed by atoms with E-state index in [1.54, 1.807) is 6.92 Å². The number of ether oxygens (including phenoxy) is 1. The lowest BCUT2D eigenvalue weighted by Crippen LogP contribution is -2.45. The lowest BCUT2D eigenvalue weighted by molar-refractivity contribution is -0.148. The average molecular weight is 559 g/mol. The summed E-state index contributed by atoms with van der Waals surface area (Å²) in [4.78, 5) is 89.0. The largest absolute Gasteiger partial charge is 0.464 e. The zero-order valence-corrected chi connectivity index (χ0v) is 21.5. The molecule has 4 amide bonds. The molecule has 2 aliphatic rings. The number of amides is 4. The van der Waals surface area contributed by atoms with Gasteiger partial charge in [-0.05, 0) is 85.8 Å². The van der Waals surface area contributed by atoms with Gasteiger partial charge in [0.25, 0.3) is 34.1 Å². The van der Waals surface area contributed by atoms with Crippen LogP contribution in [0.3, 0.4) is 0 Å². The maximum atomic E-state index is 13.1. The van der Waals surface area contributed by atoms with Crippen LogP contribution in [0.1, 0.15) is 88.3 Å². The number of unbranched alkanes of at least 4 members (excludes halogenated alkanes) is 1. The first-order chi connectivity index (χ1) is 18.1. The van der Waals surface area contributed by atoms with Crippen molar-refractivity contribution in [1.29, 1.82) is 0 Å². The summed E-state index contributed by atoms with van der Waals surface area (Å²) in [6.45, 7) is 1.61. The van der Waals surface area contributed by atoms with E-state index in [-0.39, 0.29) is 65.8 Å². The van der Waals surface area contributed by atoms with Crippen molar-refractivity contribution >= 4 is 63.3 Å². The Morgan fingerprint density at radius 2 is 1.26 bits per heavy atom. The van der Waals surface area contributed by atoms with Gasteiger partial charge in [0, 0.05) is 17.7 Å². The number of halogens is 2. The van der Waals surface area contributed by atoms with Gasteiger partial charge < -0.3 is 4.74 Å². The molecule has 1 atom stereocenters. The second kappa shape index (κ2) is 10.8. The lowest BCUT2D eigenvalue weighted by Gasteiger charge is -2.24. The summed E-state index contributed by atoms with van der Waals surface area (Å²) in [6, 6.07) is 6.58. The highest BCUT2D eigenvalue weighted by molar-refractivity contribution is 6.68. The summed E-state index contributed by atoms with van der Waals surface area (Å²) >= 11 is 11.0. The number of carbonyl (C=O) groups is 7. The van der Waals surface area contributed by atoms with Crippen molar-refractivity contribution in [2.24, 2.45) is 0 Å². The SMILES string of the molecule is CCOC(=O)C(CCCCN1C(=O)c2ccc(C(=O)Cl)cc2C1=O)N1C(=O)c2ccc(C(=O)Cl)cc2C1=O. The molecule has 12 heteroatoms. The fourth-order valence-electron chi connectivity index (χ4n) is 4.48. The fourth-order valence-corrected chi connectivity index (χ4v) is 4.71. The quantitative estimate of drug-likeness (QED) is 0.187. The molecule has 0 fully saturated rings. The van der Waals surface area contributed by atoms with Crippen LogP contribution in [0.25, 0.3) is 0 Å². The molecule has 1 unspecified atom stereocenters. The van der Waals surface area contributed by atoms with Crippen LogP contribution < -0.4 is 0 Å². The Morgan fingerprint density at radius 1 is 0.763 bits per heavy atom. The second-order valence-electron chi connectivity index (χ2n) is 8.57. The molecule has 0 saturated carbocycles. The van der Waals surface area contributed by atoms with E-state index < -0.39 is 46.1 Å². The van der Waals surface area contributed by atoms with Gasteiger partial charge >= 0.3 is 5.97 Å². The molecule has 2 aromatic rings. The van der Waals surface area contributed by atoms with Crippen molar-refractivity contribution in [2.45, 2.75) is 32.2 Å². The molecule has 10 nitrogen and oxygen atoms in total. The second-order valence-corrected chi connectivity index (χ2v) is 9.26. The molecular weight excluding hydrogens is 539 g/mol. The van der Waals surface area contributed by atoms with Gasteiger partial charge in [-0.25, -0.2) is 4.79 Å². The van der Waals surface area contributed by atoms with Crippen LogP contribution in [0.15, 0.2) is 36.4 Å². The number of fused-ring (bicyclic) bond motifs is 2. The number of carbonyl (C=O) groups excluding carboxylic acids is 7. The first-order valence-electron chi connectivity index (χ1n) is 11.6. The Labute approximate surface area is 226 Å². The third kappa shape index (κ3) is 4.84. The van der Waals surface area contributed by atoms with Crippen LogP contribution in [0, 0.1) is 0 Å². The summed E-state index contributed by atoms with van der Waals surface area (Å²) in [7, 11) is 0. The van der Waals surface area contributed by atoms with Crippen molar-refractivity contribution in [2.75, 3.05) is 13.2 Å². The van der Waals surface area contributed by atoms with Gasteiger partial charge in [0.2, 0.25) is 0 Å². The molecule has 0 N–H and O–H groups in total. The number of rotatable bonds is 10. The highest BCUT2D eigenvalue weighted by Gasteiger charge is 2.43. The van der Waals surface area contributed by atoms with Crippen LogP contribution in [0.2, 0.25) is 0 Å². The monoisotopic (exact) mass is 558 g/mol. The zero-order valence-electron chi connectivity index (χ0n) is 20.0. The van der Waals surface area contributed by atoms with Crippen LogP contribution in [-0.4, -0.2) is 69.1 Å². The minimum Gasteiger partial charge on any atom is -0.464 e. The molecule has 196 valence electrons. The van der Waals surface area contributed by atoms with Crippen molar-refractivity contribution in [3.05, 3.63) is 69.8 Å². The van der Waals surface area contributed by atoms with E-state index in [4.69, 9.17) is 27.9 Å².